The Morgan fingerprint density at radius 1 is 1.56 bits per heavy atom. The maximum atomic E-state index is 11.0. The van der Waals surface area contributed by atoms with Crippen molar-refractivity contribution in [1.29, 1.82) is 0 Å². The molecule has 2 rings (SSSR count). The molecular weight excluding hydrogens is 230 g/mol. The molecule has 0 fully saturated rings. The van der Waals surface area contributed by atoms with Crippen LogP contribution in [0.25, 0.3) is 0 Å². The first kappa shape index (κ1) is 12.5. The van der Waals surface area contributed by atoms with Gasteiger partial charge in [-0.05, 0) is 25.1 Å². The van der Waals surface area contributed by atoms with E-state index in [0.717, 1.165) is 17.1 Å². The highest BCUT2D eigenvalue weighted by molar-refractivity contribution is 5.90. The summed E-state index contributed by atoms with van der Waals surface area (Å²) in [5, 5.41) is 9.04. The molecular formula is C14H17NO3. The highest BCUT2D eigenvalue weighted by Gasteiger charge is 2.23. The lowest BCUT2D eigenvalue weighted by Gasteiger charge is -2.23. The molecule has 1 aliphatic rings. The van der Waals surface area contributed by atoms with Crippen LogP contribution in [0, 0.1) is 5.92 Å². The van der Waals surface area contributed by atoms with Crippen LogP contribution in [-0.2, 0) is 0 Å². The number of carboxylic acids is 1. The van der Waals surface area contributed by atoms with Gasteiger partial charge in [0.2, 0.25) is 0 Å². The molecule has 1 aromatic carbocycles. The van der Waals surface area contributed by atoms with Crippen LogP contribution in [-0.4, -0.2) is 24.7 Å². The van der Waals surface area contributed by atoms with Crippen molar-refractivity contribution in [2.45, 2.75) is 13.8 Å². The van der Waals surface area contributed by atoms with E-state index in [1.807, 2.05) is 24.9 Å². The van der Waals surface area contributed by atoms with Crippen molar-refractivity contribution in [1.82, 2.24) is 0 Å². The van der Waals surface area contributed by atoms with E-state index in [2.05, 4.69) is 6.92 Å². The number of allylic oxidation sites excluding steroid dienone is 1. The van der Waals surface area contributed by atoms with Crippen LogP contribution < -0.4 is 9.64 Å². The van der Waals surface area contributed by atoms with Gasteiger partial charge in [0.25, 0.3) is 0 Å². The van der Waals surface area contributed by atoms with Crippen molar-refractivity contribution in [3.05, 3.63) is 35.5 Å². The third kappa shape index (κ3) is 2.06. The predicted octanol–water partition coefficient (Wildman–Crippen LogP) is 2.75. The van der Waals surface area contributed by atoms with Crippen molar-refractivity contribution in [3.63, 3.8) is 0 Å². The first-order valence-electron chi connectivity index (χ1n) is 5.94. The maximum Gasteiger partial charge on any atom is 0.335 e. The van der Waals surface area contributed by atoms with Crippen molar-refractivity contribution < 1.29 is 14.6 Å². The molecule has 0 saturated carbocycles. The SMILES string of the molecule is C/C=C1\C(C)COc2ccc(C(=O)O)cc2N1C. The monoisotopic (exact) mass is 247 g/mol. The fourth-order valence-electron chi connectivity index (χ4n) is 2.28. The standard InChI is InChI=1S/C14H17NO3/c1-4-11-9(2)8-18-13-6-5-10(14(16)17)7-12(13)15(11)3/h4-7,9H,8H2,1-3H3,(H,16,17)/b11-4+. The van der Waals surface area contributed by atoms with Gasteiger partial charge in [-0.3, -0.25) is 0 Å². The van der Waals surface area contributed by atoms with Gasteiger partial charge in [-0.15, -0.1) is 0 Å². The molecule has 1 aromatic rings. The fraction of sp³-hybridized carbons (Fsp3) is 0.357. The van der Waals surface area contributed by atoms with Crippen LogP contribution >= 0.6 is 0 Å². The third-order valence-electron chi connectivity index (χ3n) is 3.24. The minimum Gasteiger partial charge on any atom is -0.491 e. The number of carbonyl (C=O) groups is 1. The second kappa shape index (κ2) is 4.72. The summed E-state index contributed by atoms with van der Waals surface area (Å²) >= 11 is 0. The number of aromatic carboxylic acids is 1. The van der Waals surface area contributed by atoms with E-state index in [1.165, 1.54) is 0 Å². The first-order valence-corrected chi connectivity index (χ1v) is 5.94. The summed E-state index contributed by atoms with van der Waals surface area (Å²) < 4.78 is 5.72. The van der Waals surface area contributed by atoms with Crippen molar-refractivity contribution in [3.8, 4) is 5.75 Å². The molecule has 96 valence electrons. The number of hydrogen-bond acceptors (Lipinski definition) is 3. The third-order valence-corrected chi connectivity index (χ3v) is 3.24. The van der Waals surface area contributed by atoms with Gasteiger partial charge in [-0.1, -0.05) is 13.0 Å². The molecule has 0 radical (unpaired) electrons. The summed E-state index contributed by atoms with van der Waals surface area (Å²) in [5.41, 5.74) is 2.21. The van der Waals surface area contributed by atoms with Crippen molar-refractivity contribution in [2.75, 3.05) is 18.6 Å². The molecule has 4 heteroatoms. The zero-order chi connectivity index (χ0) is 13.3. The average molecular weight is 247 g/mol. The first-order chi connectivity index (χ1) is 8.54. The molecule has 0 saturated heterocycles. The molecule has 1 unspecified atom stereocenters. The topological polar surface area (TPSA) is 49.8 Å². The number of nitrogens with zero attached hydrogens (tertiary/aromatic N) is 1. The summed E-state index contributed by atoms with van der Waals surface area (Å²) in [5.74, 6) is 0.0809. The molecule has 0 amide bonds. The molecule has 4 nitrogen and oxygen atoms in total. The Bertz CT molecular complexity index is 508. The molecule has 1 aliphatic heterocycles. The molecule has 0 aliphatic carbocycles. The van der Waals surface area contributed by atoms with Crippen LogP contribution in [0.5, 0.6) is 5.75 Å². The van der Waals surface area contributed by atoms with E-state index in [4.69, 9.17) is 9.84 Å². The van der Waals surface area contributed by atoms with E-state index in [9.17, 15) is 4.79 Å². The molecule has 0 aromatic heterocycles. The molecule has 1 atom stereocenters. The Labute approximate surface area is 106 Å². The van der Waals surface area contributed by atoms with E-state index < -0.39 is 5.97 Å². The Balaban J connectivity index is 2.52. The van der Waals surface area contributed by atoms with Gasteiger partial charge in [-0.2, -0.15) is 0 Å². The van der Waals surface area contributed by atoms with Crippen molar-refractivity contribution >= 4 is 11.7 Å². The van der Waals surface area contributed by atoms with E-state index in [-0.39, 0.29) is 11.5 Å². The smallest absolute Gasteiger partial charge is 0.335 e. The number of hydrogen-bond donors (Lipinski definition) is 1. The normalized spacial score (nSPS) is 21.2. The number of anilines is 1. The van der Waals surface area contributed by atoms with Crippen LogP contribution in [0.3, 0.4) is 0 Å². The second-order valence-electron chi connectivity index (χ2n) is 4.47. The minimum atomic E-state index is -0.925. The number of ether oxygens (including phenoxy) is 1. The predicted molar refractivity (Wildman–Crippen MR) is 70.2 cm³/mol. The van der Waals surface area contributed by atoms with Gasteiger partial charge in [0.15, 0.2) is 0 Å². The van der Waals surface area contributed by atoms with E-state index in [1.54, 1.807) is 18.2 Å². The van der Waals surface area contributed by atoms with Gasteiger partial charge in [0, 0.05) is 18.7 Å². The zero-order valence-corrected chi connectivity index (χ0v) is 10.8. The Morgan fingerprint density at radius 2 is 2.28 bits per heavy atom. The summed E-state index contributed by atoms with van der Waals surface area (Å²) in [4.78, 5) is 13.0. The molecule has 1 heterocycles. The Morgan fingerprint density at radius 3 is 2.89 bits per heavy atom. The molecule has 1 N–H and O–H groups in total. The maximum absolute atomic E-state index is 11.0. The van der Waals surface area contributed by atoms with Crippen LogP contribution in [0.2, 0.25) is 0 Å². The lowest BCUT2D eigenvalue weighted by atomic mass is 10.1. The summed E-state index contributed by atoms with van der Waals surface area (Å²) in [6.07, 6.45) is 2.04. The molecule has 0 bridgehead atoms. The quantitative estimate of drug-likeness (QED) is 0.829. The minimum absolute atomic E-state index is 0.272. The van der Waals surface area contributed by atoms with Crippen LogP contribution in [0.4, 0.5) is 5.69 Å². The number of carboxylic acid groups (broad SMARTS) is 1. The van der Waals surface area contributed by atoms with Gasteiger partial charge >= 0.3 is 5.97 Å². The number of fused-ring (bicyclic) bond motifs is 1. The van der Waals surface area contributed by atoms with Crippen LogP contribution in [0.1, 0.15) is 24.2 Å². The molecule has 18 heavy (non-hydrogen) atoms. The van der Waals surface area contributed by atoms with Gasteiger partial charge in [0.1, 0.15) is 5.75 Å². The zero-order valence-electron chi connectivity index (χ0n) is 10.8. The summed E-state index contributed by atoms with van der Waals surface area (Å²) in [6.45, 7) is 4.67. The van der Waals surface area contributed by atoms with Gasteiger partial charge in [-0.25, -0.2) is 4.79 Å². The lowest BCUT2D eigenvalue weighted by Crippen LogP contribution is -2.21. The summed E-state index contributed by atoms with van der Waals surface area (Å²) in [7, 11) is 1.94. The second-order valence-corrected chi connectivity index (χ2v) is 4.47. The summed E-state index contributed by atoms with van der Waals surface area (Å²) in [6, 6.07) is 4.94. The lowest BCUT2D eigenvalue weighted by molar-refractivity contribution is 0.0697. The van der Waals surface area contributed by atoms with E-state index >= 15 is 0 Å². The Kier molecular flexibility index (Phi) is 3.28. The average Bonchev–Trinajstić information content (AvgIpc) is 2.47. The molecule has 0 spiro atoms. The van der Waals surface area contributed by atoms with Gasteiger partial charge in [0.05, 0.1) is 17.9 Å². The van der Waals surface area contributed by atoms with Gasteiger partial charge < -0.3 is 14.7 Å². The number of rotatable bonds is 1. The van der Waals surface area contributed by atoms with Crippen molar-refractivity contribution in [2.24, 2.45) is 5.92 Å². The highest BCUT2D eigenvalue weighted by Crippen LogP contribution is 2.36. The highest BCUT2D eigenvalue weighted by atomic mass is 16.5. The van der Waals surface area contributed by atoms with Crippen LogP contribution in [0.15, 0.2) is 30.0 Å². The van der Waals surface area contributed by atoms with E-state index in [0.29, 0.717) is 6.61 Å². The Hall–Kier alpha value is -1.97. The number of benzene rings is 1. The fourth-order valence-corrected chi connectivity index (χ4v) is 2.28. The largest absolute Gasteiger partial charge is 0.491 e.